The van der Waals surface area contributed by atoms with Gasteiger partial charge in [-0.1, -0.05) is 34.1 Å². The number of rotatable bonds is 7. The third kappa shape index (κ3) is 5.69. The fraction of sp³-hybridized carbons (Fsp3) is 0.278. The van der Waals surface area contributed by atoms with Crippen LogP contribution in [0.25, 0.3) is 0 Å². The van der Waals surface area contributed by atoms with Gasteiger partial charge in [0.15, 0.2) is 0 Å². The van der Waals surface area contributed by atoms with E-state index in [1.807, 2.05) is 50.5 Å². The molecule has 0 fully saturated rings. The fourth-order valence-corrected chi connectivity index (χ4v) is 2.47. The first-order valence-corrected chi connectivity index (χ1v) is 8.31. The van der Waals surface area contributed by atoms with Crippen molar-refractivity contribution in [1.29, 1.82) is 0 Å². The maximum absolute atomic E-state index is 12.4. The Kier molecular flexibility index (Phi) is 6.62. The van der Waals surface area contributed by atoms with Crippen LogP contribution < -0.4 is 10.1 Å². The highest BCUT2D eigenvalue weighted by atomic mass is 79.9. The van der Waals surface area contributed by atoms with E-state index in [4.69, 9.17) is 4.74 Å². The number of nitrogens with zero attached hydrogens (tertiary/aromatic N) is 1. The highest BCUT2D eigenvalue weighted by Crippen LogP contribution is 2.27. The number of halogens is 1. The summed E-state index contributed by atoms with van der Waals surface area (Å²) >= 11 is 3.41. The maximum Gasteiger partial charge on any atom is 0.255 e. The van der Waals surface area contributed by atoms with E-state index in [1.54, 1.807) is 12.1 Å². The van der Waals surface area contributed by atoms with Crippen molar-refractivity contribution < 1.29 is 9.53 Å². The lowest BCUT2D eigenvalue weighted by Gasteiger charge is -2.13. The molecule has 1 N–H and O–H groups in total. The molecule has 5 heteroatoms. The van der Waals surface area contributed by atoms with E-state index in [0.717, 1.165) is 17.4 Å². The molecule has 0 saturated carbocycles. The van der Waals surface area contributed by atoms with Crippen LogP contribution in [0.15, 0.2) is 53.0 Å². The SMILES string of the molecule is CN(C)CCCNC(=O)c1ccccc1Oc1cccc(Br)c1. The summed E-state index contributed by atoms with van der Waals surface area (Å²) in [5.74, 6) is 1.12. The van der Waals surface area contributed by atoms with Crippen LogP contribution >= 0.6 is 15.9 Å². The van der Waals surface area contributed by atoms with Gasteiger partial charge in [0.05, 0.1) is 5.56 Å². The summed E-state index contributed by atoms with van der Waals surface area (Å²) < 4.78 is 6.79. The molecule has 0 heterocycles. The minimum Gasteiger partial charge on any atom is -0.456 e. The second kappa shape index (κ2) is 8.70. The van der Waals surface area contributed by atoms with Crippen molar-refractivity contribution in [2.75, 3.05) is 27.2 Å². The highest BCUT2D eigenvalue weighted by molar-refractivity contribution is 9.10. The molecule has 0 aliphatic carbocycles. The Bertz CT molecular complexity index is 659. The average molecular weight is 377 g/mol. The molecule has 4 nitrogen and oxygen atoms in total. The number of nitrogens with one attached hydrogen (secondary N) is 1. The van der Waals surface area contributed by atoms with Gasteiger partial charge < -0.3 is 15.0 Å². The van der Waals surface area contributed by atoms with E-state index in [9.17, 15) is 4.79 Å². The molecule has 0 atom stereocenters. The third-order valence-electron chi connectivity index (χ3n) is 3.22. The van der Waals surface area contributed by atoms with E-state index in [1.165, 1.54) is 0 Å². The van der Waals surface area contributed by atoms with Crippen LogP contribution in [0.5, 0.6) is 11.5 Å². The summed E-state index contributed by atoms with van der Waals surface area (Å²) in [6.45, 7) is 1.58. The Labute approximate surface area is 145 Å². The minimum atomic E-state index is -0.116. The standard InChI is InChI=1S/C18H21BrN2O2/c1-21(2)12-6-11-20-18(22)16-9-3-4-10-17(16)23-15-8-5-7-14(19)13-15/h3-5,7-10,13H,6,11-12H2,1-2H3,(H,20,22). The second-order valence-electron chi connectivity index (χ2n) is 5.47. The van der Waals surface area contributed by atoms with Crippen molar-refractivity contribution in [2.45, 2.75) is 6.42 Å². The summed E-state index contributed by atoms with van der Waals surface area (Å²) in [4.78, 5) is 14.4. The number of ether oxygens (including phenoxy) is 1. The summed E-state index contributed by atoms with van der Waals surface area (Å²) in [6, 6.07) is 14.8. The van der Waals surface area contributed by atoms with E-state index in [0.29, 0.717) is 23.6 Å². The predicted molar refractivity (Wildman–Crippen MR) is 96.2 cm³/mol. The van der Waals surface area contributed by atoms with Crippen LogP contribution in [-0.2, 0) is 0 Å². The van der Waals surface area contributed by atoms with Crippen molar-refractivity contribution in [3.63, 3.8) is 0 Å². The van der Waals surface area contributed by atoms with Crippen molar-refractivity contribution in [1.82, 2.24) is 10.2 Å². The molecular weight excluding hydrogens is 356 g/mol. The minimum absolute atomic E-state index is 0.116. The quantitative estimate of drug-likeness (QED) is 0.744. The summed E-state index contributed by atoms with van der Waals surface area (Å²) in [5.41, 5.74) is 0.539. The Hall–Kier alpha value is -1.85. The summed E-state index contributed by atoms with van der Waals surface area (Å²) in [6.07, 6.45) is 0.910. The molecule has 23 heavy (non-hydrogen) atoms. The zero-order chi connectivity index (χ0) is 16.7. The van der Waals surface area contributed by atoms with Gasteiger partial charge in [-0.2, -0.15) is 0 Å². The maximum atomic E-state index is 12.4. The zero-order valence-corrected chi connectivity index (χ0v) is 15.0. The first-order chi connectivity index (χ1) is 11.1. The van der Waals surface area contributed by atoms with Crippen LogP contribution in [0.3, 0.4) is 0 Å². The number of carbonyl (C=O) groups excluding carboxylic acids is 1. The fourth-order valence-electron chi connectivity index (χ4n) is 2.09. The first-order valence-electron chi connectivity index (χ1n) is 7.51. The Morgan fingerprint density at radius 3 is 2.70 bits per heavy atom. The molecule has 0 radical (unpaired) electrons. The van der Waals surface area contributed by atoms with Crippen molar-refractivity contribution in [3.05, 3.63) is 58.6 Å². The second-order valence-corrected chi connectivity index (χ2v) is 6.38. The van der Waals surface area contributed by atoms with Gasteiger partial charge in [-0.25, -0.2) is 0 Å². The molecule has 0 aliphatic rings. The normalized spacial score (nSPS) is 10.6. The van der Waals surface area contributed by atoms with Gasteiger partial charge in [0.1, 0.15) is 11.5 Å². The number of hydrogen-bond acceptors (Lipinski definition) is 3. The van der Waals surface area contributed by atoms with Crippen LogP contribution in [0.1, 0.15) is 16.8 Å². The molecular formula is C18H21BrN2O2. The van der Waals surface area contributed by atoms with Gasteiger partial charge in [0, 0.05) is 11.0 Å². The number of amides is 1. The molecule has 0 aromatic heterocycles. The Morgan fingerprint density at radius 2 is 1.96 bits per heavy atom. The molecule has 0 aliphatic heterocycles. The average Bonchev–Trinajstić information content (AvgIpc) is 2.52. The monoisotopic (exact) mass is 376 g/mol. The van der Waals surface area contributed by atoms with Crippen molar-refractivity contribution in [3.8, 4) is 11.5 Å². The number of para-hydroxylation sites is 1. The van der Waals surface area contributed by atoms with Gasteiger partial charge in [-0.05, 0) is 57.4 Å². The van der Waals surface area contributed by atoms with Gasteiger partial charge in [0.2, 0.25) is 0 Å². The molecule has 2 aromatic rings. The third-order valence-corrected chi connectivity index (χ3v) is 3.72. The smallest absolute Gasteiger partial charge is 0.255 e. The lowest BCUT2D eigenvalue weighted by molar-refractivity contribution is 0.0950. The van der Waals surface area contributed by atoms with Crippen LogP contribution in [0.4, 0.5) is 0 Å². The molecule has 1 amide bonds. The van der Waals surface area contributed by atoms with E-state index < -0.39 is 0 Å². The molecule has 122 valence electrons. The highest BCUT2D eigenvalue weighted by Gasteiger charge is 2.12. The van der Waals surface area contributed by atoms with Crippen molar-refractivity contribution in [2.24, 2.45) is 0 Å². The Morgan fingerprint density at radius 1 is 1.17 bits per heavy atom. The number of carbonyl (C=O) groups is 1. The summed E-state index contributed by atoms with van der Waals surface area (Å²) in [5, 5.41) is 2.94. The molecule has 0 spiro atoms. The lowest BCUT2D eigenvalue weighted by atomic mass is 10.2. The predicted octanol–water partition coefficient (Wildman–Crippen LogP) is 3.92. The van der Waals surface area contributed by atoms with Crippen molar-refractivity contribution >= 4 is 21.8 Å². The van der Waals surface area contributed by atoms with Gasteiger partial charge in [-0.15, -0.1) is 0 Å². The van der Waals surface area contributed by atoms with E-state index in [2.05, 4.69) is 26.1 Å². The largest absolute Gasteiger partial charge is 0.456 e. The number of hydrogen-bond donors (Lipinski definition) is 1. The van der Waals surface area contributed by atoms with Gasteiger partial charge in [0.25, 0.3) is 5.91 Å². The first kappa shape index (κ1) is 17.5. The zero-order valence-electron chi connectivity index (χ0n) is 13.4. The van der Waals surface area contributed by atoms with Crippen LogP contribution in [-0.4, -0.2) is 38.0 Å². The molecule has 0 unspecified atom stereocenters. The van der Waals surface area contributed by atoms with Crippen LogP contribution in [0, 0.1) is 0 Å². The summed E-state index contributed by atoms with van der Waals surface area (Å²) in [7, 11) is 4.03. The molecule has 2 aromatic carbocycles. The van der Waals surface area contributed by atoms with Crippen LogP contribution in [0.2, 0.25) is 0 Å². The Balaban J connectivity index is 2.03. The van der Waals surface area contributed by atoms with Gasteiger partial charge in [-0.3, -0.25) is 4.79 Å². The van der Waals surface area contributed by atoms with Gasteiger partial charge >= 0.3 is 0 Å². The molecule has 2 rings (SSSR count). The molecule has 0 bridgehead atoms. The topological polar surface area (TPSA) is 41.6 Å². The lowest BCUT2D eigenvalue weighted by Crippen LogP contribution is -2.27. The van der Waals surface area contributed by atoms with E-state index >= 15 is 0 Å². The number of benzene rings is 2. The van der Waals surface area contributed by atoms with E-state index in [-0.39, 0.29) is 5.91 Å². The molecule has 0 saturated heterocycles.